The van der Waals surface area contributed by atoms with Gasteiger partial charge in [-0.25, -0.2) is 13.2 Å². The van der Waals surface area contributed by atoms with E-state index in [9.17, 15) is 13.2 Å². The van der Waals surface area contributed by atoms with Crippen LogP contribution in [0.4, 0.5) is 13.2 Å². The van der Waals surface area contributed by atoms with Gasteiger partial charge in [0.1, 0.15) is 5.82 Å². The van der Waals surface area contributed by atoms with Crippen molar-refractivity contribution in [3.8, 4) is 0 Å². The molecule has 4 heteroatoms. The van der Waals surface area contributed by atoms with Crippen LogP contribution in [0, 0.1) is 35.2 Å². The first-order valence-electron chi connectivity index (χ1n) is 7.51. The standard InChI is InChI=1S/C16H20F3N/c1-2-20-16(15-9-5-3-4-6-10(9)15)11-7-13(18)14(19)8-12(11)17/h7-10,15-16,20H,2-6H2,1H3. The van der Waals surface area contributed by atoms with Crippen LogP contribution in [0.2, 0.25) is 0 Å². The molecule has 1 aromatic rings. The highest BCUT2D eigenvalue weighted by atomic mass is 19.2. The molecule has 3 rings (SSSR count). The molecule has 20 heavy (non-hydrogen) atoms. The number of nitrogens with one attached hydrogen (secondary N) is 1. The van der Waals surface area contributed by atoms with Crippen molar-refractivity contribution in [1.29, 1.82) is 0 Å². The van der Waals surface area contributed by atoms with Crippen LogP contribution >= 0.6 is 0 Å². The Hall–Kier alpha value is -1.03. The number of fused-ring (bicyclic) bond motifs is 1. The first kappa shape index (κ1) is 13.9. The van der Waals surface area contributed by atoms with Crippen molar-refractivity contribution in [2.45, 2.75) is 38.6 Å². The molecule has 2 fully saturated rings. The van der Waals surface area contributed by atoms with Crippen molar-refractivity contribution in [3.63, 3.8) is 0 Å². The van der Waals surface area contributed by atoms with Crippen molar-refractivity contribution in [2.24, 2.45) is 17.8 Å². The van der Waals surface area contributed by atoms with Gasteiger partial charge in [0.2, 0.25) is 0 Å². The van der Waals surface area contributed by atoms with Gasteiger partial charge in [0.15, 0.2) is 11.6 Å². The maximum absolute atomic E-state index is 14.0. The highest BCUT2D eigenvalue weighted by Crippen LogP contribution is 2.60. The molecule has 1 aromatic carbocycles. The van der Waals surface area contributed by atoms with Crippen LogP contribution in [0.15, 0.2) is 12.1 Å². The molecule has 2 saturated carbocycles. The lowest BCUT2D eigenvalue weighted by molar-refractivity contribution is 0.424. The summed E-state index contributed by atoms with van der Waals surface area (Å²) in [6, 6.07) is 1.51. The zero-order chi connectivity index (χ0) is 14.3. The number of hydrogen-bond acceptors (Lipinski definition) is 1. The molecule has 3 unspecified atom stereocenters. The lowest BCUT2D eigenvalue weighted by Crippen LogP contribution is -2.25. The largest absolute Gasteiger partial charge is 0.310 e. The Labute approximate surface area is 117 Å². The lowest BCUT2D eigenvalue weighted by Gasteiger charge is -2.20. The molecule has 0 amide bonds. The first-order valence-corrected chi connectivity index (χ1v) is 7.51. The molecule has 2 aliphatic carbocycles. The van der Waals surface area contributed by atoms with Crippen molar-refractivity contribution in [2.75, 3.05) is 6.54 Å². The summed E-state index contributed by atoms with van der Waals surface area (Å²) in [4.78, 5) is 0. The first-order chi connectivity index (χ1) is 9.63. The molecule has 0 aliphatic heterocycles. The van der Waals surface area contributed by atoms with Crippen LogP contribution in [0.25, 0.3) is 0 Å². The van der Waals surface area contributed by atoms with E-state index in [-0.39, 0.29) is 11.6 Å². The SMILES string of the molecule is CCNC(c1cc(F)c(F)cc1F)C1C2CCCCC21. The number of benzene rings is 1. The Kier molecular flexibility index (Phi) is 3.76. The highest BCUT2D eigenvalue weighted by molar-refractivity contribution is 5.27. The summed E-state index contributed by atoms with van der Waals surface area (Å²) >= 11 is 0. The average Bonchev–Trinajstić information content (AvgIpc) is 3.15. The second-order valence-electron chi connectivity index (χ2n) is 6.01. The molecule has 1 nitrogen and oxygen atoms in total. The van der Waals surface area contributed by atoms with Crippen molar-refractivity contribution < 1.29 is 13.2 Å². The third-order valence-corrected chi connectivity index (χ3v) is 4.91. The summed E-state index contributed by atoms with van der Waals surface area (Å²) in [6.07, 6.45) is 4.83. The van der Waals surface area contributed by atoms with Gasteiger partial charge in [-0.1, -0.05) is 19.8 Å². The minimum absolute atomic E-state index is 0.191. The van der Waals surface area contributed by atoms with Gasteiger partial charge in [0.05, 0.1) is 0 Å². The predicted molar refractivity (Wildman–Crippen MR) is 71.7 cm³/mol. The van der Waals surface area contributed by atoms with E-state index in [4.69, 9.17) is 0 Å². The Morgan fingerprint density at radius 3 is 2.25 bits per heavy atom. The molecule has 0 heterocycles. The maximum atomic E-state index is 14.0. The Morgan fingerprint density at radius 2 is 1.65 bits per heavy atom. The Bertz CT molecular complexity index is 491. The van der Waals surface area contributed by atoms with Gasteiger partial charge in [-0.2, -0.15) is 0 Å². The number of rotatable bonds is 4. The van der Waals surface area contributed by atoms with Crippen molar-refractivity contribution >= 4 is 0 Å². The molecular formula is C16H20F3N. The lowest BCUT2D eigenvalue weighted by atomic mass is 9.98. The normalized spacial score (nSPS) is 29.9. The molecule has 1 N–H and O–H groups in total. The molecule has 0 spiro atoms. The van der Waals surface area contributed by atoms with E-state index < -0.39 is 17.5 Å². The van der Waals surface area contributed by atoms with Gasteiger partial charge in [0, 0.05) is 17.7 Å². The second kappa shape index (κ2) is 5.40. The second-order valence-corrected chi connectivity index (χ2v) is 6.01. The molecule has 0 bridgehead atoms. The van der Waals surface area contributed by atoms with Crippen molar-refractivity contribution in [3.05, 3.63) is 35.1 Å². The van der Waals surface area contributed by atoms with Crippen molar-refractivity contribution in [1.82, 2.24) is 5.32 Å². The summed E-state index contributed by atoms with van der Waals surface area (Å²) in [5.41, 5.74) is 0.283. The summed E-state index contributed by atoms with van der Waals surface area (Å²) in [7, 11) is 0. The molecule has 110 valence electrons. The van der Waals surface area contributed by atoms with Crippen LogP contribution in [0.5, 0.6) is 0 Å². The smallest absolute Gasteiger partial charge is 0.161 e. The molecular weight excluding hydrogens is 263 g/mol. The van der Waals surface area contributed by atoms with E-state index in [1.54, 1.807) is 0 Å². The van der Waals surface area contributed by atoms with Crippen LogP contribution in [-0.4, -0.2) is 6.54 Å². The van der Waals surface area contributed by atoms with Crippen LogP contribution in [0.1, 0.15) is 44.2 Å². The molecule has 0 saturated heterocycles. The average molecular weight is 283 g/mol. The van der Waals surface area contributed by atoms with Gasteiger partial charge in [-0.15, -0.1) is 0 Å². The van der Waals surface area contributed by atoms with Crippen LogP contribution in [-0.2, 0) is 0 Å². The summed E-state index contributed by atoms with van der Waals surface area (Å²) in [6.45, 7) is 2.65. The minimum Gasteiger partial charge on any atom is -0.310 e. The quantitative estimate of drug-likeness (QED) is 0.817. The molecule has 0 radical (unpaired) electrons. The molecule has 3 atom stereocenters. The van der Waals surface area contributed by atoms with E-state index in [0.717, 1.165) is 6.07 Å². The predicted octanol–water partition coefficient (Wildman–Crippen LogP) is 4.19. The summed E-state index contributed by atoms with van der Waals surface area (Å²) in [5, 5.41) is 3.28. The van der Waals surface area contributed by atoms with E-state index in [1.807, 2.05) is 6.92 Å². The van der Waals surface area contributed by atoms with Gasteiger partial charge >= 0.3 is 0 Å². The topological polar surface area (TPSA) is 12.0 Å². The minimum atomic E-state index is -1.12. The van der Waals surface area contributed by atoms with Gasteiger partial charge < -0.3 is 5.32 Å². The zero-order valence-electron chi connectivity index (χ0n) is 11.6. The Balaban J connectivity index is 1.89. The number of hydrogen-bond donors (Lipinski definition) is 1. The van der Waals surface area contributed by atoms with Gasteiger partial charge in [0.25, 0.3) is 0 Å². The fraction of sp³-hybridized carbons (Fsp3) is 0.625. The molecule has 2 aliphatic rings. The fourth-order valence-corrected chi connectivity index (χ4v) is 3.99. The van der Waals surface area contributed by atoms with E-state index in [0.29, 0.717) is 30.4 Å². The summed E-state index contributed by atoms with van der Waals surface area (Å²) in [5.74, 6) is -1.10. The molecule has 0 aromatic heterocycles. The highest BCUT2D eigenvalue weighted by Gasteiger charge is 2.54. The zero-order valence-corrected chi connectivity index (χ0v) is 11.6. The fourth-order valence-electron chi connectivity index (χ4n) is 3.99. The number of halogens is 3. The van der Waals surface area contributed by atoms with E-state index >= 15 is 0 Å². The van der Waals surface area contributed by atoms with Gasteiger partial charge in [-0.05, 0) is 43.2 Å². The van der Waals surface area contributed by atoms with Gasteiger partial charge in [-0.3, -0.25) is 0 Å². The third kappa shape index (κ3) is 2.34. The van der Waals surface area contributed by atoms with E-state index in [1.165, 1.54) is 25.7 Å². The van der Waals surface area contributed by atoms with Crippen LogP contribution in [0.3, 0.4) is 0 Å². The monoisotopic (exact) mass is 283 g/mol. The summed E-state index contributed by atoms with van der Waals surface area (Å²) < 4.78 is 40.6. The maximum Gasteiger partial charge on any atom is 0.161 e. The Morgan fingerprint density at radius 1 is 1.05 bits per heavy atom. The van der Waals surface area contributed by atoms with E-state index in [2.05, 4.69) is 5.32 Å². The van der Waals surface area contributed by atoms with Crippen LogP contribution < -0.4 is 5.32 Å². The third-order valence-electron chi connectivity index (χ3n) is 4.91.